The van der Waals surface area contributed by atoms with Crippen molar-refractivity contribution >= 4 is 51.6 Å². The lowest BCUT2D eigenvalue weighted by molar-refractivity contribution is 0.167. The van der Waals surface area contributed by atoms with Crippen LogP contribution in [0.15, 0.2) is 41.5 Å². The number of hydrogen-bond acceptors (Lipinski definition) is 2. The summed E-state index contributed by atoms with van der Waals surface area (Å²) >= 11 is 3.60. The van der Waals surface area contributed by atoms with Crippen molar-refractivity contribution < 1.29 is 0 Å². The van der Waals surface area contributed by atoms with E-state index in [2.05, 4.69) is 62.1 Å². The van der Waals surface area contributed by atoms with Gasteiger partial charge < -0.3 is 10.3 Å². The van der Waals surface area contributed by atoms with Crippen molar-refractivity contribution in [2.45, 2.75) is 18.9 Å². The number of rotatable bonds is 5. The van der Waals surface area contributed by atoms with Crippen LogP contribution in [0, 0.1) is 0 Å². The maximum Gasteiger partial charge on any atom is 0.0458 e. The first-order valence-corrected chi connectivity index (χ1v) is 8.41. The van der Waals surface area contributed by atoms with Gasteiger partial charge in [-0.2, -0.15) is 0 Å². The molecule has 0 saturated carbocycles. The van der Waals surface area contributed by atoms with Crippen LogP contribution < -0.4 is 5.32 Å². The fourth-order valence-electron chi connectivity index (χ4n) is 3.19. The van der Waals surface area contributed by atoms with Crippen LogP contribution in [-0.4, -0.2) is 36.1 Å². The Hall–Kier alpha value is -0.520. The number of halogens is 3. The first-order valence-electron chi connectivity index (χ1n) is 7.62. The molecular formula is C17H24BrCl2N3. The summed E-state index contributed by atoms with van der Waals surface area (Å²) in [4.78, 5) is 6.02. The number of nitrogens with zero attached hydrogens (tertiary/aromatic N) is 1. The van der Waals surface area contributed by atoms with Gasteiger partial charge in [0.1, 0.15) is 0 Å². The molecule has 23 heavy (non-hydrogen) atoms. The van der Waals surface area contributed by atoms with Crippen molar-refractivity contribution in [2.24, 2.45) is 0 Å². The maximum absolute atomic E-state index is 3.89. The Kier molecular flexibility index (Phi) is 8.65. The number of benzene rings is 1. The highest BCUT2D eigenvalue weighted by Crippen LogP contribution is 2.33. The third-order valence-electron chi connectivity index (χ3n) is 4.27. The molecule has 1 aromatic heterocycles. The van der Waals surface area contributed by atoms with Crippen LogP contribution >= 0.6 is 40.7 Å². The zero-order chi connectivity index (χ0) is 14.7. The first kappa shape index (κ1) is 20.5. The summed E-state index contributed by atoms with van der Waals surface area (Å²) in [5.41, 5.74) is 2.63. The number of nitrogens with one attached hydrogen (secondary N) is 2. The van der Waals surface area contributed by atoms with Gasteiger partial charge in [0, 0.05) is 53.8 Å². The highest BCUT2D eigenvalue weighted by Gasteiger charge is 2.23. The van der Waals surface area contributed by atoms with Crippen LogP contribution in [0.4, 0.5) is 0 Å². The van der Waals surface area contributed by atoms with E-state index in [-0.39, 0.29) is 24.8 Å². The normalized spacial score (nSPS) is 16.4. The molecule has 0 bridgehead atoms. The van der Waals surface area contributed by atoms with E-state index in [9.17, 15) is 0 Å². The average molecular weight is 421 g/mol. The molecule has 1 aliphatic heterocycles. The van der Waals surface area contributed by atoms with Crippen molar-refractivity contribution in [3.63, 3.8) is 0 Å². The minimum Gasteiger partial charge on any atom is -0.361 e. The molecule has 1 saturated heterocycles. The maximum atomic E-state index is 3.89. The van der Waals surface area contributed by atoms with Crippen LogP contribution in [0.3, 0.4) is 0 Å². The van der Waals surface area contributed by atoms with Gasteiger partial charge in [0.05, 0.1) is 0 Å². The standard InChI is InChI=1S/C17H22BrN3.2ClH/c1-2-3-4-17(21-9-7-19-8-10-21)15-12-20-16-6-5-13(18)11-14(15)16;;/h2,5-6,11-12,17,19-20H,1,3-4,7-10H2;2*1H/t17-;;/m1../s1. The second-order valence-corrected chi connectivity index (χ2v) is 6.52. The van der Waals surface area contributed by atoms with E-state index in [4.69, 9.17) is 0 Å². The molecule has 1 atom stereocenters. The van der Waals surface area contributed by atoms with Crippen molar-refractivity contribution in [3.05, 3.63) is 47.1 Å². The summed E-state index contributed by atoms with van der Waals surface area (Å²) in [6, 6.07) is 6.93. The lowest BCUT2D eigenvalue weighted by atomic mass is 9.99. The smallest absolute Gasteiger partial charge is 0.0458 e. The van der Waals surface area contributed by atoms with Crippen LogP contribution in [0.5, 0.6) is 0 Å². The van der Waals surface area contributed by atoms with Gasteiger partial charge in [0.2, 0.25) is 0 Å². The summed E-state index contributed by atoms with van der Waals surface area (Å²) in [7, 11) is 0. The highest BCUT2D eigenvalue weighted by molar-refractivity contribution is 9.10. The molecule has 3 nitrogen and oxygen atoms in total. The summed E-state index contributed by atoms with van der Waals surface area (Å²) in [5.74, 6) is 0. The predicted octanol–water partition coefficient (Wildman–Crippen LogP) is 4.69. The lowest BCUT2D eigenvalue weighted by Gasteiger charge is -2.35. The van der Waals surface area contributed by atoms with Gasteiger partial charge in [-0.3, -0.25) is 4.90 Å². The van der Waals surface area contributed by atoms with Crippen LogP contribution in [0.1, 0.15) is 24.4 Å². The monoisotopic (exact) mass is 419 g/mol. The topological polar surface area (TPSA) is 31.1 Å². The first-order chi connectivity index (χ1) is 10.3. The van der Waals surface area contributed by atoms with Crippen LogP contribution in [0.25, 0.3) is 10.9 Å². The van der Waals surface area contributed by atoms with Gasteiger partial charge in [-0.15, -0.1) is 31.4 Å². The Morgan fingerprint density at radius 2 is 2.00 bits per heavy atom. The van der Waals surface area contributed by atoms with E-state index in [1.54, 1.807) is 0 Å². The molecule has 0 amide bonds. The van der Waals surface area contributed by atoms with E-state index in [1.807, 2.05) is 6.08 Å². The van der Waals surface area contributed by atoms with E-state index in [0.29, 0.717) is 6.04 Å². The zero-order valence-corrected chi connectivity index (χ0v) is 16.3. The molecule has 1 fully saturated rings. The molecule has 0 unspecified atom stereocenters. The summed E-state index contributed by atoms with van der Waals surface area (Å²) in [5, 5.41) is 4.77. The molecule has 1 aromatic carbocycles. The third kappa shape index (κ3) is 4.74. The van der Waals surface area contributed by atoms with Crippen molar-refractivity contribution in [2.75, 3.05) is 26.2 Å². The minimum atomic E-state index is 0. The number of aromatic nitrogens is 1. The van der Waals surface area contributed by atoms with Gasteiger partial charge in [0.25, 0.3) is 0 Å². The van der Waals surface area contributed by atoms with E-state index < -0.39 is 0 Å². The van der Waals surface area contributed by atoms with E-state index in [0.717, 1.165) is 43.5 Å². The Bertz CT molecular complexity index is 623. The predicted molar refractivity (Wildman–Crippen MR) is 107 cm³/mol. The molecule has 128 valence electrons. The quantitative estimate of drug-likeness (QED) is 0.687. The molecule has 2 aromatic rings. The van der Waals surface area contributed by atoms with E-state index in [1.165, 1.54) is 16.5 Å². The lowest BCUT2D eigenvalue weighted by Crippen LogP contribution is -2.45. The Labute approximate surface area is 158 Å². The number of piperazine rings is 1. The Morgan fingerprint density at radius 3 is 2.70 bits per heavy atom. The number of hydrogen-bond donors (Lipinski definition) is 2. The van der Waals surface area contributed by atoms with Gasteiger partial charge in [-0.05, 0) is 36.6 Å². The number of aromatic amines is 1. The highest BCUT2D eigenvalue weighted by atomic mass is 79.9. The molecule has 3 rings (SSSR count). The second-order valence-electron chi connectivity index (χ2n) is 5.60. The molecule has 6 heteroatoms. The molecular weight excluding hydrogens is 397 g/mol. The van der Waals surface area contributed by atoms with Crippen molar-refractivity contribution in [3.8, 4) is 0 Å². The Morgan fingerprint density at radius 1 is 1.26 bits per heavy atom. The van der Waals surface area contributed by atoms with E-state index >= 15 is 0 Å². The third-order valence-corrected chi connectivity index (χ3v) is 4.76. The SMILES string of the molecule is C=CCC[C@H](c1c[nH]c2ccc(Br)cc12)N1CCNCC1.Cl.Cl. The second kappa shape index (κ2) is 9.70. The number of H-pyrrole nitrogens is 1. The summed E-state index contributed by atoms with van der Waals surface area (Å²) < 4.78 is 1.14. The zero-order valence-electron chi connectivity index (χ0n) is 13.1. The average Bonchev–Trinajstić information content (AvgIpc) is 2.92. The largest absolute Gasteiger partial charge is 0.361 e. The van der Waals surface area contributed by atoms with Gasteiger partial charge in [-0.1, -0.05) is 22.0 Å². The summed E-state index contributed by atoms with van der Waals surface area (Å²) in [6.45, 7) is 8.28. The van der Waals surface area contributed by atoms with Gasteiger partial charge in [-0.25, -0.2) is 0 Å². The van der Waals surface area contributed by atoms with Crippen LogP contribution in [0.2, 0.25) is 0 Å². The fourth-order valence-corrected chi connectivity index (χ4v) is 3.56. The molecule has 0 aliphatic carbocycles. The molecule has 0 radical (unpaired) electrons. The Balaban J connectivity index is 0.00000132. The minimum absolute atomic E-state index is 0. The molecule has 1 aliphatic rings. The van der Waals surface area contributed by atoms with Gasteiger partial charge >= 0.3 is 0 Å². The molecule has 0 spiro atoms. The fraction of sp³-hybridized carbons (Fsp3) is 0.412. The number of fused-ring (bicyclic) bond motifs is 1. The van der Waals surface area contributed by atoms with Gasteiger partial charge in [0.15, 0.2) is 0 Å². The van der Waals surface area contributed by atoms with Crippen LogP contribution in [-0.2, 0) is 0 Å². The molecule has 2 N–H and O–H groups in total. The number of allylic oxidation sites excluding steroid dienone is 1. The summed E-state index contributed by atoms with van der Waals surface area (Å²) in [6.07, 6.45) is 6.39. The van der Waals surface area contributed by atoms with Crippen molar-refractivity contribution in [1.29, 1.82) is 0 Å². The molecule has 2 heterocycles. The van der Waals surface area contributed by atoms with Crippen molar-refractivity contribution in [1.82, 2.24) is 15.2 Å².